The second-order valence-electron chi connectivity index (χ2n) is 9.00. The molecule has 170 valence electrons. The minimum Gasteiger partial charge on any atom is -0.481 e. The Kier molecular flexibility index (Phi) is 6.17. The van der Waals surface area contributed by atoms with Crippen molar-refractivity contribution in [1.29, 1.82) is 0 Å². The van der Waals surface area contributed by atoms with Gasteiger partial charge in [-0.15, -0.1) is 0 Å². The molecule has 0 bridgehead atoms. The van der Waals surface area contributed by atoms with Crippen LogP contribution in [0.5, 0.6) is 5.88 Å². The number of methoxy groups -OCH3 is 1. The molecule has 4 rings (SSSR count). The molecule has 2 aromatic heterocycles. The van der Waals surface area contributed by atoms with Crippen LogP contribution in [-0.2, 0) is 5.60 Å². The summed E-state index contributed by atoms with van der Waals surface area (Å²) >= 11 is 0. The summed E-state index contributed by atoms with van der Waals surface area (Å²) < 4.78 is 7.10. The molecule has 1 aliphatic carbocycles. The fourth-order valence-electron chi connectivity index (χ4n) is 4.32. The van der Waals surface area contributed by atoms with E-state index in [2.05, 4.69) is 10.3 Å². The van der Waals surface area contributed by atoms with E-state index in [-0.39, 0.29) is 24.2 Å². The Morgan fingerprint density at radius 2 is 2.00 bits per heavy atom. The van der Waals surface area contributed by atoms with Crippen LogP contribution < -0.4 is 10.1 Å². The van der Waals surface area contributed by atoms with Crippen LogP contribution in [0.25, 0.3) is 10.9 Å². The molecule has 0 aliphatic heterocycles. The molecule has 1 fully saturated rings. The van der Waals surface area contributed by atoms with Crippen LogP contribution in [0.15, 0.2) is 36.5 Å². The molecule has 3 aromatic rings. The maximum atomic E-state index is 12.9. The number of hydrogen-bond donors (Lipinski definition) is 3. The molecule has 8 nitrogen and oxygen atoms in total. The largest absolute Gasteiger partial charge is 0.481 e. The van der Waals surface area contributed by atoms with Crippen LogP contribution in [0.1, 0.15) is 61.6 Å². The van der Waals surface area contributed by atoms with Crippen molar-refractivity contribution in [2.45, 2.75) is 51.2 Å². The monoisotopic (exact) mass is 438 g/mol. The predicted octanol–water partition coefficient (Wildman–Crippen LogP) is 3.64. The Morgan fingerprint density at radius 1 is 1.25 bits per heavy atom. The van der Waals surface area contributed by atoms with E-state index < -0.39 is 5.60 Å². The van der Waals surface area contributed by atoms with E-state index >= 15 is 0 Å². The number of carbonyl (C=O) groups is 1. The van der Waals surface area contributed by atoms with Crippen molar-refractivity contribution in [3.8, 4) is 5.88 Å². The number of fused-ring (bicyclic) bond motifs is 1. The van der Waals surface area contributed by atoms with Crippen molar-refractivity contribution >= 4 is 22.5 Å². The SMILES string of the molecule is COc1cccc(C(=O)Nc2cc3cn(C4CCC(CO)CC4)nc3cc2C(C)(C)O)n1. The summed E-state index contributed by atoms with van der Waals surface area (Å²) in [5.41, 5.74) is 0.909. The van der Waals surface area contributed by atoms with E-state index in [9.17, 15) is 15.0 Å². The first kappa shape index (κ1) is 22.2. The van der Waals surface area contributed by atoms with E-state index in [0.717, 1.165) is 36.6 Å². The van der Waals surface area contributed by atoms with Gasteiger partial charge in [0.1, 0.15) is 5.69 Å². The van der Waals surface area contributed by atoms with Gasteiger partial charge in [0.05, 0.1) is 24.3 Å². The number of nitrogens with one attached hydrogen (secondary N) is 1. The van der Waals surface area contributed by atoms with Gasteiger partial charge in [0.2, 0.25) is 5.88 Å². The lowest BCUT2D eigenvalue weighted by Gasteiger charge is -2.27. The third-order valence-corrected chi connectivity index (χ3v) is 6.18. The summed E-state index contributed by atoms with van der Waals surface area (Å²) in [4.78, 5) is 17.0. The number of carbonyl (C=O) groups excluding carboxylic acids is 1. The normalized spacial score (nSPS) is 19.2. The number of pyridine rings is 1. The van der Waals surface area contributed by atoms with Crippen LogP contribution in [0.3, 0.4) is 0 Å². The zero-order chi connectivity index (χ0) is 22.9. The first-order valence-corrected chi connectivity index (χ1v) is 11.0. The number of rotatable bonds is 6. The summed E-state index contributed by atoms with van der Waals surface area (Å²) in [5, 5.41) is 28.7. The molecule has 0 atom stereocenters. The molecule has 0 spiro atoms. The van der Waals surface area contributed by atoms with Crippen molar-refractivity contribution in [2.75, 3.05) is 19.0 Å². The van der Waals surface area contributed by atoms with Gasteiger partial charge in [-0.3, -0.25) is 9.48 Å². The summed E-state index contributed by atoms with van der Waals surface area (Å²) in [5.74, 6) is 0.349. The number of nitrogens with zero attached hydrogens (tertiary/aromatic N) is 3. The van der Waals surface area contributed by atoms with Crippen LogP contribution in [0, 0.1) is 5.92 Å². The number of aliphatic hydroxyl groups excluding tert-OH is 1. The van der Waals surface area contributed by atoms with Gasteiger partial charge in [-0.25, -0.2) is 4.98 Å². The van der Waals surface area contributed by atoms with Gasteiger partial charge in [0.15, 0.2) is 0 Å². The average molecular weight is 439 g/mol. The second-order valence-corrected chi connectivity index (χ2v) is 9.00. The molecule has 32 heavy (non-hydrogen) atoms. The number of amides is 1. The molecule has 0 radical (unpaired) electrons. The zero-order valence-electron chi connectivity index (χ0n) is 18.7. The first-order valence-electron chi connectivity index (χ1n) is 11.0. The van der Waals surface area contributed by atoms with E-state index in [1.165, 1.54) is 7.11 Å². The summed E-state index contributed by atoms with van der Waals surface area (Å²) in [6, 6.07) is 8.96. The average Bonchev–Trinajstić information content (AvgIpc) is 3.21. The van der Waals surface area contributed by atoms with E-state index in [1.807, 2.05) is 23.0 Å². The summed E-state index contributed by atoms with van der Waals surface area (Å²) in [6.45, 7) is 3.61. The van der Waals surface area contributed by atoms with Crippen LogP contribution in [-0.4, -0.2) is 44.6 Å². The van der Waals surface area contributed by atoms with Gasteiger partial charge >= 0.3 is 0 Å². The van der Waals surface area contributed by atoms with Crippen molar-refractivity contribution in [2.24, 2.45) is 5.92 Å². The highest BCUT2D eigenvalue weighted by molar-refractivity contribution is 6.04. The highest BCUT2D eigenvalue weighted by Gasteiger charge is 2.26. The van der Waals surface area contributed by atoms with Crippen molar-refractivity contribution < 1.29 is 19.7 Å². The Morgan fingerprint density at radius 3 is 2.66 bits per heavy atom. The van der Waals surface area contributed by atoms with E-state index in [4.69, 9.17) is 9.84 Å². The molecule has 1 amide bonds. The third-order valence-electron chi connectivity index (χ3n) is 6.18. The number of anilines is 1. The molecule has 1 aliphatic rings. The van der Waals surface area contributed by atoms with Gasteiger partial charge in [0.25, 0.3) is 5.91 Å². The Bertz CT molecular complexity index is 1110. The molecular weight excluding hydrogens is 408 g/mol. The Balaban J connectivity index is 1.65. The predicted molar refractivity (Wildman–Crippen MR) is 122 cm³/mol. The molecule has 0 saturated heterocycles. The Hall–Kier alpha value is -2.97. The summed E-state index contributed by atoms with van der Waals surface area (Å²) in [6.07, 6.45) is 5.92. The van der Waals surface area contributed by atoms with E-state index in [0.29, 0.717) is 23.0 Å². The minimum absolute atomic E-state index is 0.225. The van der Waals surface area contributed by atoms with Gasteiger partial charge in [-0.1, -0.05) is 6.07 Å². The standard InChI is InChI=1S/C24H30N4O4/c1-24(2,31)18-12-20-16(13-28(27-20)17-9-7-15(14-29)8-10-17)11-21(18)26-23(30)19-5-4-6-22(25-19)32-3/h4-6,11-13,15,17,29,31H,7-10,14H2,1-3H3,(H,26,30). The Labute approximate surface area is 187 Å². The van der Waals surface area contributed by atoms with Crippen molar-refractivity contribution in [3.63, 3.8) is 0 Å². The molecule has 1 saturated carbocycles. The van der Waals surface area contributed by atoms with E-state index in [1.54, 1.807) is 32.0 Å². The molecule has 3 N–H and O–H groups in total. The maximum absolute atomic E-state index is 12.9. The highest BCUT2D eigenvalue weighted by Crippen LogP contribution is 2.35. The molecule has 0 unspecified atom stereocenters. The van der Waals surface area contributed by atoms with Gasteiger partial charge in [-0.2, -0.15) is 5.10 Å². The van der Waals surface area contributed by atoms with Gasteiger partial charge < -0.3 is 20.3 Å². The molecule has 8 heteroatoms. The van der Waals surface area contributed by atoms with Gasteiger partial charge in [-0.05, 0) is 63.6 Å². The third kappa shape index (κ3) is 4.61. The molecule has 1 aromatic carbocycles. The van der Waals surface area contributed by atoms with Crippen LogP contribution >= 0.6 is 0 Å². The number of benzene rings is 1. The number of ether oxygens (including phenoxy) is 1. The van der Waals surface area contributed by atoms with Gasteiger partial charge in [0, 0.05) is 35.5 Å². The number of aromatic nitrogens is 3. The molecule has 2 heterocycles. The minimum atomic E-state index is -1.18. The highest BCUT2D eigenvalue weighted by atomic mass is 16.5. The van der Waals surface area contributed by atoms with Crippen LogP contribution in [0.4, 0.5) is 5.69 Å². The van der Waals surface area contributed by atoms with Crippen LogP contribution in [0.2, 0.25) is 0 Å². The fourth-order valence-corrected chi connectivity index (χ4v) is 4.32. The topological polar surface area (TPSA) is 110 Å². The molecular formula is C24H30N4O4. The zero-order valence-corrected chi connectivity index (χ0v) is 18.7. The van der Waals surface area contributed by atoms with Crippen molar-refractivity contribution in [1.82, 2.24) is 14.8 Å². The lowest BCUT2D eigenvalue weighted by molar-refractivity contribution is 0.0793. The lowest BCUT2D eigenvalue weighted by atomic mass is 9.87. The van der Waals surface area contributed by atoms with Crippen molar-refractivity contribution in [3.05, 3.63) is 47.8 Å². The smallest absolute Gasteiger partial charge is 0.274 e. The fraction of sp³-hybridized carbons (Fsp3) is 0.458. The quantitative estimate of drug-likeness (QED) is 0.542. The summed E-state index contributed by atoms with van der Waals surface area (Å²) in [7, 11) is 1.50. The number of hydrogen-bond acceptors (Lipinski definition) is 6. The first-order chi connectivity index (χ1) is 15.3. The number of aliphatic hydroxyl groups is 2. The second kappa shape index (κ2) is 8.88. The maximum Gasteiger partial charge on any atom is 0.274 e. The lowest BCUT2D eigenvalue weighted by Crippen LogP contribution is -2.21.